The van der Waals surface area contributed by atoms with Gasteiger partial charge in [-0.1, -0.05) is 13.8 Å². The van der Waals surface area contributed by atoms with Crippen LogP contribution < -0.4 is 18.8 Å². The van der Waals surface area contributed by atoms with Gasteiger partial charge in [-0.2, -0.15) is 4.57 Å². The topological polar surface area (TPSA) is 51.8 Å². The molecule has 0 unspecified atom stereocenters. The summed E-state index contributed by atoms with van der Waals surface area (Å²) in [4.78, 5) is 0. The number of fused-ring (bicyclic) bond motifs is 4. The molecule has 0 atom stereocenters. The molecule has 3 aromatic rings. The largest absolute Gasteiger partial charge is 0.504 e. The molecule has 5 heteroatoms. The Kier molecular flexibility index (Phi) is 5.40. The van der Waals surface area contributed by atoms with Crippen molar-refractivity contribution < 1.29 is 23.9 Å². The summed E-state index contributed by atoms with van der Waals surface area (Å²) in [5.41, 5.74) is 3.45. The molecule has 4 rings (SSSR count). The number of methoxy groups -OCH3 is 3. The normalized spacial score (nSPS) is 11.7. The van der Waals surface area contributed by atoms with Gasteiger partial charge >= 0.3 is 0 Å². The quantitative estimate of drug-likeness (QED) is 0.707. The van der Waals surface area contributed by atoms with Gasteiger partial charge in [0, 0.05) is 12.5 Å². The Morgan fingerprint density at radius 2 is 1.56 bits per heavy atom. The van der Waals surface area contributed by atoms with Crippen LogP contribution in [0.2, 0.25) is 0 Å². The van der Waals surface area contributed by atoms with Crippen LogP contribution in [0.25, 0.3) is 22.0 Å². The van der Waals surface area contributed by atoms with Gasteiger partial charge in [0.25, 0.3) is 0 Å². The smallest absolute Gasteiger partial charge is 0.213 e. The third-order valence-electron chi connectivity index (χ3n) is 4.83. The maximum atomic E-state index is 10.4. The summed E-state index contributed by atoms with van der Waals surface area (Å²) in [7, 11) is 4.85. The number of ether oxygens (including phenoxy) is 3. The number of pyridine rings is 1. The Balaban J connectivity index is 0.00000102. The molecule has 5 nitrogen and oxygen atoms in total. The fourth-order valence-corrected chi connectivity index (χ4v) is 3.51. The number of nitrogens with zero attached hydrogens (tertiary/aromatic N) is 1. The van der Waals surface area contributed by atoms with E-state index in [0.29, 0.717) is 11.5 Å². The average molecular weight is 368 g/mol. The standard InChI is InChI=1S/C20H19NO4.C2H6/c1-23-17-5-4-12-8-16-14-10-19(25-3)18(24-2)9-13(14)6-7-21(16)11-15(12)20(17)22;1-2/h4-5,8-11H,6-7H2,1-3H3;1-2H3/p+1. The van der Waals surface area contributed by atoms with Crippen molar-refractivity contribution in [1.82, 2.24) is 0 Å². The van der Waals surface area contributed by atoms with Crippen molar-refractivity contribution in [3.63, 3.8) is 0 Å². The summed E-state index contributed by atoms with van der Waals surface area (Å²) in [6, 6.07) is 9.91. The minimum Gasteiger partial charge on any atom is -0.504 e. The lowest BCUT2D eigenvalue weighted by molar-refractivity contribution is -0.686. The van der Waals surface area contributed by atoms with Crippen LogP contribution >= 0.6 is 0 Å². The van der Waals surface area contributed by atoms with Gasteiger partial charge in [-0.25, -0.2) is 0 Å². The number of rotatable bonds is 3. The van der Waals surface area contributed by atoms with Gasteiger partial charge in [0.15, 0.2) is 35.7 Å². The van der Waals surface area contributed by atoms with Gasteiger partial charge < -0.3 is 19.3 Å². The van der Waals surface area contributed by atoms with E-state index in [-0.39, 0.29) is 5.75 Å². The van der Waals surface area contributed by atoms with Crippen LogP contribution in [0.3, 0.4) is 0 Å². The van der Waals surface area contributed by atoms with E-state index >= 15 is 0 Å². The molecule has 0 radical (unpaired) electrons. The molecule has 0 fully saturated rings. The molecular formula is C22H26NO4+. The highest BCUT2D eigenvalue weighted by atomic mass is 16.5. The van der Waals surface area contributed by atoms with E-state index in [1.165, 1.54) is 5.56 Å². The molecule has 0 saturated carbocycles. The van der Waals surface area contributed by atoms with Crippen molar-refractivity contribution in [2.75, 3.05) is 21.3 Å². The van der Waals surface area contributed by atoms with Gasteiger partial charge in [-0.3, -0.25) is 0 Å². The highest BCUT2D eigenvalue weighted by Gasteiger charge is 2.26. The zero-order chi connectivity index (χ0) is 19.6. The highest BCUT2D eigenvalue weighted by molar-refractivity contribution is 5.91. The molecule has 1 N–H and O–H groups in total. The number of benzene rings is 2. The van der Waals surface area contributed by atoms with Crippen molar-refractivity contribution in [3.8, 4) is 34.3 Å². The maximum Gasteiger partial charge on any atom is 0.213 e. The van der Waals surface area contributed by atoms with Crippen LogP contribution in [-0.4, -0.2) is 26.4 Å². The maximum absolute atomic E-state index is 10.4. The highest BCUT2D eigenvalue weighted by Crippen LogP contribution is 2.39. The Morgan fingerprint density at radius 1 is 0.889 bits per heavy atom. The molecule has 1 aliphatic rings. The minimum atomic E-state index is 0.174. The van der Waals surface area contributed by atoms with Crippen LogP contribution in [0.5, 0.6) is 23.0 Å². The summed E-state index contributed by atoms with van der Waals surface area (Å²) in [6.07, 6.45) is 2.88. The molecule has 2 heterocycles. The number of phenolic OH excluding ortho intramolecular Hbond substituents is 1. The summed E-state index contributed by atoms with van der Waals surface area (Å²) in [5.74, 6) is 2.12. The van der Waals surface area contributed by atoms with E-state index in [0.717, 1.165) is 40.7 Å². The van der Waals surface area contributed by atoms with Crippen LogP contribution in [0.4, 0.5) is 0 Å². The molecule has 142 valence electrons. The first-order valence-corrected chi connectivity index (χ1v) is 9.14. The van der Waals surface area contributed by atoms with Gasteiger partial charge in [-0.15, -0.1) is 0 Å². The SMILES string of the molecule is CC.COc1cc2c(cc1OC)-c1cc3ccc(OC)c(O)c3c[n+]1CC2. The van der Waals surface area contributed by atoms with Crippen LogP contribution in [-0.2, 0) is 13.0 Å². The monoisotopic (exact) mass is 368 g/mol. The molecule has 0 bridgehead atoms. The number of hydrogen-bond donors (Lipinski definition) is 1. The van der Waals surface area contributed by atoms with Gasteiger partial charge in [0.05, 0.1) is 32.3 Å². The molecule has 0 aliphatic carbocycles. The zero-order valence-electron chi connectivity index (χ0n) is 16.5. The number of phenols is 1. The van der Waals surface area contributed by atoms with Crippen molar-refractivity contribution in [2.24, 2.45) is 0 Å². The summed E-state index contributed by atoms with van der Waals surface area (Å²) in [5, 5.41) is 12.2. The van der Waals surface area contributed by atoms with Crippen LogP contribution in [0, 0.1) is 0 Å². The molecule has 27 heavy (non-hydrogen) atoms. The van der Waals surface area contributed by atoms with Crippen LogP contribution in [0.15, 0.2) is 36.5 Å². The number of aryl methyl sites for hydroxylation is 2. The third kappa shape index (κ3) is 3.14. The first kappa shape index (κ1) is 18.8. The molecule has 2 aromatic carbocycles. The van der Waals surface area contributed by atoms with Crippen molar-refractivity contribution in [3.05, 3.63) is 42.1 Å². The van der Waals surface area contributed by atoms with E-state index in [1.54, 1.807) is 27.4 Å². The molecule has 1 aliphatic heterocycles. The lowest BCUT2D eigenvalue weighted by atomic mass is 9.95. The predicted octanol–water partition coefficient (Wildman–Crippen LogP) is 4.11. The van der Waals surface area contributed by atoms with Crippen LogP contribution in [0.1, 0.15) is 19.4 Å². The summed E-state index contributed by atoms with van der Waals surface area (Å²) >= 11 is 0. The lowest BCUT2D eigenvalue weighted by Gasteiger charge is -2.18. The zero-order valence-corrected chi connectivity index (χ0v) is 16.5. The Bertz CT molecular complexity index is 982. The summed E-state index contributed by atoms with van der Waals surface area (Å²) < 4.78 is 18.3. The molecule has 0 saturated heterocycles. The Labute approximate surface area is 159 Å². The van der Waals surface area contributed by atoms with Crippen molar-refractivity contribution in [2.45, 2.75) is 26.8 Å². The Hall–Kier alpha value is -2.95. The fraction of sp³-hybridized carbons (Fsp3) is 0.318. The predicted molar refractivity (Wildman–Crippen MR) is 106 cm³/mol. The molecule has 1 aromatic heterocycles. The molecule has 0 spiro atoms. The first-order valence-electron chi connectivity index (χ1n) is 9.14. The average Bonchev–Trinajstić information content (AvgIpc) is 2.73. The van der Waals surface area contributed by atoms with Gasteiger partial charge in [0.2, 0.25) is 5.69 Å². The Morgan fingerprint density at radius 3 is 2.22 bits per heavy atom. The van der Waals surface area contributed by atoms with E-state index in [4.69, 9.17) is 14.2 Å². The number of hydrogen-bond acceptors (Lipinski definition) is 4. The fourth-order valence-electron chi connectivity index (χ4n) is 3.51. The number of aromatic hydroxyl groups is 1. The minimum absolute atomic E-state index is 0.174. The first-order chi connectivity index (χ1) is 13.2. The van der Waals surface area contributed by atoms with E-state index in [2.05, 4.69) is 10.6 Å². The van der Waals surface area contributed by atoms with Gasteiger partial charge in [0.1, 0.15) is 0 Å². The van der Waals surface area contributed by atoms with Gasteiger partial charge in [-0.05, 0) is 35.2 Å². The summed E-state index contributed by atoms with van der Waals surface area (Å²) in [6.45, 7) is 4.84. The second-order valence-electron chi connectivity index (χ2n) is 6.09. The number of aromatic nitrogens is 1. The van der Waals surface area contributed by atoms with E-state index in [1.807, 2.05) is 38.2 Å². The van der Waals surface area contributed by atoms with Crippen molar-refractivity contribution in [1.29, 1.82) is 0 Å². The lowest BCUT2D eigenvalue weighted by Crippen LogP contribution is -2.40. The molecular weight excluding hydrogens is 342 g/mol. The molecule has 0 amide bonds. The second kappa shape index (κ2) is 7.74. The van der Waals surface area contributed by atoms with Crippen molar-refractivity contribution >= 4 is 10.8 Å². The van der Waals surface area contributed by atoms with E-state index < -0.39 is 0 Å². The van der Waals surface area contributed by atoms with E-state index in [9.17, 15) is 5.11 Å². The second-order valence-corrected chi connectivity index (χ2v) is 6.09. The third-order valence-corrected chi connectivity index (χ3v) is 4.83.